The highest BCUT2D eigenvalue weighted by Crippen LogP contribution is 2.45. The third-order valence-electron chi connectivity index (χ3n) is 4.62. The second kappa shape index (κ2) is 6.07. The number of hydrogen-bond donors (Lipinski definition) is 1. The minimum Gasteiger partial charge on any atom is -0.422 e. The Balaban J connectivity index is 1.86. The number of benzene rings is 3. The number of nitrogens with one attached hydrogen (secondary N) is 1. The molecule has 5 rings (SSSR count). The topological polar surface area (TPSA) is 42.2 Å². The van der Waals surface area contributed by atoms with Gasteiger partial charge in [-0.2, -0.15) is 0 Å². The molecule has 1 aliphatic rings. The lowest BCUT2D eigenvalue weighted by atomic mass is 9.98. The van der Waals surface area contributed by atoms with Crippen LogP contribution in [-0.2, 0) is 0 Å². The molecule has 2 heterocycles. The van der Waals surface area contributed by atoms with Crippen molar-refractivity contribution >= 4 is 28.4 Å². The minimum absolute atomic E-state index is 0.261. The molecule has 126 valence electrons. The number of rotatable bonds is 1. The number of fused-ring (bicyclic) bond motifs is 4. The van der Waals surface area contributed by atoms with Crippen LogP contribution in [0.15, 0.2) is 97.9 Å². The molecule has 1 atom stereocenters. The number of anilines is 1. The van der Waals surface area contributed by atoms with Crippen LogP contribution < -0.4 is 10.9 Å². The molecule has 1 N–H and O–H groups in total. The SMILES string of the molecule is O=c1oc2ccccc2c2c1[C@@H](c1ccccc1)Nc1ccccc1S2. The zero-order valence-electron chi connectivity index (χ0n) is 13.8. The van der Waals surface area contributed by atoms with Gasteiger partial charge in [0.05, 0.1) is 11.6 Å². The lowest BCUT2D eigenvalue weighted by Crippen LogP contribution is -2.20. The van der Waals surface area contributed by atoms with E-state index in [1.54, 1.807) is 11.8 Å². The first-order valence-corrected chi connectivity index (χ1v) is 9.27. The monoisotopic (exact) mass is 357 g/mol. The molecule has 0 fully saturated rings. The summed E-state index contributed by atoms with van der Waals surface area (Å²) in [6, 6.07) is 25.6. The minimum atomic E-state index is -0.291. The fraction of sp³-hybridized carbons (Fsp3) is 0.0455. The van der Waals surface area contributed by atoms with Crippen LogP contribution in [0.1, 0.15) is 17.2 Å². The van der Waals surface area contributed by atoms with E-state index in [0.29, 0.717) is 11.1 Å². The van der Waals surface area contributed by atoms with E-state index in [0.717, 1.165) is 26.4 Å². The summed E-state index contributed by atoms with van der Waals surface area (Å²) in [4.78, 5) is 15.0. The quantitative estimate of drug-likeness (QED) is 0.459. The molecular weight excluding hydrogens is 342 g/mol. The predicted molar refractivity (Wildman–Crippen MR) is 105 cm³/mol. The summed E-state index contributed by atoms with van der Waals surface area (Å²) in [7, 11) is 0. The fourth-order valence-corrected chi connectivity index (χ4v) is 4.60. The van der Waals surface area contributed by atoms with Crippen molar-refractivity contribution < 1.29 is 4.42 Å². The zero-order chi connectivity index (χ0) is 17.5. The van der Waals surface area contributed by atoms with Gasteiger partial charge in [0.1, 0.15) is 5.58 Å². The van der Waals surface area contributed by atoms with Gasteiger partial charge in [0, 0.05) is 20.9 Å². The summed E-state index contributed by atoms with van der Waals surface area (Å²) in [5, 5.41) is 4.52. The maximum absolute atomic E-state index is 12.9. The standard InChI is InChI=1S/C22H15NO2S/c24-22-19-20(14-8-2-1-3-9-14)23-16-11-5-7-13-18(16)26-21(19)15-10-4-6-12-17(15)25-22/h1-13,20,23H/t20-/m1/s1. The number of hydrogen-bond acceptors (Lipinski definition) is 4. The van der Waals surface area contributed by atoms with Crippen LogP contribution in [0.3, 0.4) is 0 Å². The highest BCUT2D eigenvalue weighted by Gasteiger charge is 2.28. The molecule has 1 aromatic heterocycles. The van der Waals surface area contributed by atoms with Crippen LogP contribution in [-0.4, -0.2) is 0 Å². The van der Waals surface area contributed by atoms with Crippen molar-refractivity contribution in [3.63, 3.8) is 0 Å². The summed E-state index contributed by atoms with van der Waals surface area (Å²) < 4.78 is 5.66. The molecule has 0 amide bonds. The van der Waals surface area contributed by atoms with E-state index in [1.165, 1.54) is 0 Å². The molecule has 4 heteroatoms. The van der Waals surface area contributed by atoms with Gasteiger partial charge in [-0.05, 0) is 23.8 Å². The molecule has 3 nitrogen and oxygen atoms in total. The van der Waals surface area contributed by atoms with Gasteiger partial charge in [-0.15, -0.1) is 0 Å². The van der Waals surface area contributed by atoms with Crippen LogP contribution >= 0.6 is 11.8 Å². The van der Waals surface area contributed by atoms with E-state index in [-0.39, 0.29) is 11.7 Å². The molecule has 0 aliphatic carbocycles. The van der Waals surface area contributed by atoms with E-state index < -0.39 is 0 Å². The molecule has 0 bridgehead atoms. The van der Waals surface area contributed by atoms with Gasteiger partial charge in [-0.25, -0.2) is 4.79 Å². The lowest BCUT2D eigenvalue weighted by molar-refractivity contribution is 0.542. The molecule has 0 saturated carbocycles. The van der Waals surface area contributed by atoms with Crippen LogP contribution in [0.25, 0.3) is 11.0 Å². The molecule has 0 saturated heterocycles. The van der Waals surface area contributed by atoms with Crippen LogP contribution in [0, 0.1) is 0 Å². The van der Waals surface area contributed by atoms with Gasteiger partial charge in [0.25, 0.3) is 0 Å². The first kappa shape index (κ1) is 15.3. The Morgan fingerprint density at radius 1 is 0.846 bits per heavy atom. The zero-order valence-corrected chi connectivity index (χ0v) is 14.6. The van der Waals surface area contributed by atoms with Crippen LogP contribution in [0.2, 0.25) is 0 Å². The predicted octanol–water partition coefficient (Wildman–Crippen LogP) is 5.46. The Morgan fingerprint density at radius 2 is 1.58 bits per heavy atom. The molecule has 3 aromatic carbocycles. The Labute approximate surface area is 154 Å². The van der Waals surface area contributed by atoms with Gasteiger partial charge in [-0.1, -0.05) is 72.4 Å². The van der Waals surface area contributed by atoms with Gasteiger partial charge < -0.3 is 9.73 Å². The van der Waals surface area contributed by atoms with E-state index in [9.17, 15) is 4.79 Å². The van der Waals surface area contributed by atoms with Crippen LogP contribution in [0.4, 0.5) is 5.69 Å². The lowest BCUT2D eigenvalue weighted by Gasteiger charge is -2.19. The third kappa shape index (κ3) is 2.42. The van der Waals surface area contributed by atoms with Crippen molar-refractivity contribution in [1.29, 1.82) is 0 Å². The maximum Gasteiger partial charge on any atom is 0.343 e. The van der Waals surface area contributed by atoms with E-state index in [4.69, 9.17) is 4.42 Å². The highest BCUT2D eigenvalue weighted by atomic mass is 32.2. The molecule has 26 heavy (non-hydrogen) atoms. The van der Waals surface area contributed by atoms with Crippen molar-refractivity contribution in [2.75, 3.05) is 5.32 Å². The molecule has 1 aliphatic heterocycles. The van der Waals surface area contributed by atoms with Gasteiger partial charge in [0.2, 0.25) is 0 Å². The molecule has 0 spiro atoms. The average Bonchev–Trinajstić information content (AvgIpc) is 2.86. The Kier molecular flexibility index (Phi) is 3.57. The largest absolute Gasteiger partial charge is 0.422 e. The van der Waals surface area contributed by atoms with Gasteiger partial charge in [0.15, 0.2) is 0 Å². The second-order valence-electron chi connectivity index (χ2n) is 6.21. The Hall–Kier alpha value is -2.98. The first-order valence-electron chi connectivity index (χ1n) is 8.45. The van der Waals surface area contributed by atoms with Crippen molar-refractivity contribution in [3.8, 4) is 0 Å². The van der Waals surface area contributed by atoms with E-state index in [2.05, 4.69) is 11.4 Å². The van der Waals surface area contributed by atoms with Crippen LogP contribution in [0.5, 0.6) is 0 Å². The smallest absolute Gasteiger partial charge is 0.343 e. The highest BCUT2D eigenvalue weighted by molar-refractivity contribution is 7.99. The normalized spacial score (nSPS) is 15.6. The molecule has 0 radical (unpaired) electrons. The maximum atomic E-state index is 12.9. The van der Waals surface area contributed by atoms with Gasteiger partial charge >= 0.3 is 5.63 Å². The van der Waals surface area contributed by atoms with E-state index in [1.807, 2.05) is 72.8 Å². The van der Waals surface area contributed by atoms with E-state index >= 15 is 0 Å². The van der Waals surface area contributed by atoms with Crippen molar-refractivity contribution in [1.82, 2.24) is 0 Å². The van der Waals surface area contributed by atoms with Crippen molar-refractivity contribution in [2.45, 2.75) is 15.8 Å². The number of para-hydroxylation sites is 2. The van der Waals surface area contributed by atoms with Crippen molar-refractivity contribution in [3.05, 3.63) is 100 Å². The third-order valence-corrected chi connectivity index (χ3v) is 5.84. The molecule has 4 aromatic rings. The molecular formula is C22H15NO2S. The first-order chi connectivity index (χ1) is 12.8. The molecule has 0 unspecified atom stereocenters. The summed E-state index contributed by atoms with van der Waals surface area (Å²) in [6.45, 7) is 0. The Morgan fingerprint density at radius 3 is 2.46 bits per heavy atom. The van der Waals surface area contributed by atoms with Gasteiger partial charge in [-0.3, -0.25) is 0 Å². The fourth-order valence-electron chi connectivity index (χ4n) is 3.40. The summed E-state index contributed by atoms with van der Waals surface area (Å²) in [6.07, 6.45) is 0. The average molecular weight is 357 g/mol. The summed E-state index contributed by atoms with van der Waals surface area (Å²) in [5.74, 6) is 0. The summed E-state index contributed by atoms with van der Waals surface area (Å²) in [5.41, 5.74) is 3.05. The van der Waals surface area contributed by atoms with Crippen molar-refractivity contribution in [2.24, 2.45) is 0 Å². The Bertz CT molecular complexity index is 1170. The summed E-state index contributed by atoms with van der Waals surface area (Å²) >= 11 is 1.62. The second-order valence-corrected chi connectivity index (χ2v) is 7.27.